The minimum atomic E-state index is -0.638. The van der Waals surface area contributed by atoms with Gasteiger partial charge in [-0.2, -0.15) is 0 Å². The van der Waals surface area contributed by atoms with Crippen LogP contribution in [0.15, 0.2) is 44.9 Å². The van der Waals surface area contributed by atoms with E-state index >= 15 is 0 Å². The maximum Gasteiger partial charge on any atom is 0.373 e. The van der Waals surface area contributed by atoms with Gasteiger partial charge in [-0.15, -0.1) is 0 Å². The Bertz CT molecular complexity index is 949. The van der Waals surface area contributed by atoms with Crippen LogP contribution in [0.5, 0.6) is 5.75 Å². The van der Waals surface area contributed by atoms with E-state index in [4.69, 9.17) is 9.15 Å². The van der Waals surface area contributed by atoms with Gasteiger partial charge in [0.05, 0.1) is 20.8 Å². The van der Waals surface area contributed by atoms with E-state index in [9.17, 15) is 14.4 Å². The van der Waals surface area contributed by atoms with Gasteiger partial charge >= 0.3 is 12.0 Å². The Morgan fingerprint density at radius 2 is 2.04 bits per heavy atom. The van der Waals surface area contributed by atoms with Gasteiger partial charge in [-0.05, 0) is 36.4 Å². The van der Waals surface area contributed by atoms with Gasteiger partial charge in [0.15, 0.2) is 0 Å². The largest absolute Gasteiger partial charge is 0.496 e. The van der Waals surface area contributed by atoms with Crippen LogP contribution in [0.1, 0.15) is 21.9 Å². The summed E-state index contributed by atoms with van der Waals surface area (Å²) < 4.78 is 15.9. The first-order valence-corrected chi connectivity index (χ1v) is 8.57. The number of imide groups is 1. The molecule has 0 bridgehead atoms. The fraction of sp³-hybridized carbons (Fsp3) is 0.167. The molecule has 9 heteroatoms. The number of hydrogen-bond donors (Lipinski definition) is 1. The lowest BCUT2D eigenvalue weighted by molar-refractivity contribution is -0.123. The second-order valence-corrected chi connectivity index (χ2v) is 6.44. The van der Waals surface area contributed by atoms with E-state index in [0.29, 0.717) is 11.3 Å². The third-order valence-corrected chi connectivity index (χ3v) is 4.31. The molecule has 2 aromatic rings. The molecule has 1 aliphatic heterocycles. The van der Waals surface area contributed by atoms with Crippen LogP contribution in [0.3, 0.4) is 0 Å². The van der Waals surface area contributed by atoms with E-state index in [0.717, 1.165) is 9.37 Å². The monoisotopic (exact) mass is 434 g/mol. The summed E-state index contributed by atoms with van der Waals surface area (Å²) in [7, 11) is 2.75. The van der Waals surface area contributed by atoms with Crippen LogP contribution in [-0.2, 0) is 16.1 Å². The van der Waals surface area contributed by atoms with E-state index in [2.05, 4.69) is 26.0 Å². The molecule has 0 unspecified atom stereocenters. The quantitative estimate of drug-likeness (QED) is 0.441. The number of ether oxygens (including phenoxy) is 2. The summed E-state index contributed by atoms with van der Waals surface area (Å²) in [5.41, 5.74) is 0.736. The molecular formula is C18H15BrN2O6. The van der Waals surface area contributed by atoms with Gasteiger partial charge in [-0.3, -0.25) is 9.69 Å². The number of hydrogen-bond acceptors (Lipinski definition) is 6. The van der Waals surface area contributed by atoms with Gasteiger partial charge < -0.3 is 19.2 Å². The summed E-state index contributed by atoms with van der Waals surface area (Å²) in [6, 6.07) is 7.65. The SMILES string of the molecule is COC(=O)c1ccc(CN2C(=O)NC(=Cc3cc(Br)ccc3OC)C2=O)o1. The predicted octanol–water partition coefficient (Wildman–Crippen LogP) is 2.93. The van der Waals surface area contributed by atoms with Crippen molar-refractivity contribution >= 4 is 39.9 Å². The predicted molar refractivity (Wildman–Crippen MR) is 97.8 cm³/mol. The van der Waals surface area contributed by atoms with Crippen LogP contribution in [0.25, 0.3) is 6.08 Å². The Balaban J connectivity index is 1.82. The normalized spacial score (nSPS) is 15.2. The molecular weight excluding hydrogens is 420 g/mol. The summed E-state index contributed by atoms with van der Waals surface area (Å²) in [5, 5.41) is 2.53. The Kier molecular flexibility index (Phi) is 5.31. The van der Waals surface area contributed by atoms with Crippen LogP contribution in [0.4, 0.5) is 4.79 Å². The Morgan fingerprint density at radius 3 is 2.74 bits per heavy atom. The fourth-order valence-corrected chi connectivity index (χ4v) is 2.90. The molecule has 0 aliphatic carbocycles. The van der Waals surface area contributed by atoms with Gasteiger partial charge in [0.1, 0.15) is 17.2 Å². The van der Waals surface area contributed by atoms with Gasteiger partial charge in [-0.25, -0.2) is 9.59 Å². The number of carbonyl (C=O) groups excluding carboxylic acids is 3. The zero-order chi connectivity index (χ0) is 19.6. The second-order valence-electron chi connectivity index (χ2n) is 5.52. The molecule has 1 aromatic carbocycles. The Hall–Kier alpha value is -3.07. The molecule has 1 saturated heterocycles. The highest BCUT2D eigenvalue weighted by Gasteiger charge is 2.34. The molecule has 27 heavy (non-hydrogen) atoms. The molecule has 1 aliphatic rings. The zero-order valence-corrected chi connectivity index (χ0v) is 16.0. The van der Waals surface area contributed by atoms with Crippen molar-refractivity contribution in [1.82, 2.24) is 10.2 Å². The van der Waals surface area contributed by atoms with Gasteiger partial charge in [0.2, 0.25) is 5.76 Å². The van der Waals surface area contributed by atoms with Crippen LogP contribution in [0.2, 0.25) is 0 Å². The summed E-state index contributed by atoms with van der Waals surface area (Å²) in [5.74, 6) is -0.326. The number of esters is 1. The average Bonchev–Trinajstić information content (AvgIpc) is 3.22. The number of methoxy groups -OCH3 is 2. The molecule has 140 valence electrons. The maximum absolute atomic E-state index is 12.6. The fourth-order valence-electron chi connectivity index (χ4n) is 2.52. The zero-order valence-electron chi connectivity index (χ0n) is 14.4. The van der Waals surface area contributed by atoms with Crippen LogP contribution >= 0.6 is 15.9 Å². The molecule has 1 fully saturated rings. The molecule has 0 saturated carbocycles. The molecule has 1 N–H and O–H groups in total. The minimum absolute atomic E-state index is 0.00538. The average molecular weight is 435 g/mol. The number of benzene rings is 1. The number of halogens is 1. The van der Waals surface area contributed by atoms with E-state index < -0.39 is 17.9 Å². The standard InChI is InChI=1S/C18H15BrN2O6/c1-25-14-5-3-11(19)7-10(14)8-13-16(22)21(18(24)20-13)9-12-4-6-15(27-12)17(23)26-2/h3-8H,9H2,1-2H3,(H,20,24). The van der Waals surface area contributed by atoms with Crippen LogP contribution < -0.4 is 10.1 Å². The van der Waals surface area contributed by atoms with Crippen molar-refractivity contribution < 1.29 is 28.3 Å². The highest BCUT2D eigenvalue weighted by Crippen LogP contribution is 2.26. The summed E-state index contributed by atoms with van der Waals surface area (Å²) in [4.78, 5) is 37.2. The number of nitrogens with one attached hydrogen (secondary N) is 1. The maximum atomic E-state index is 12.6. The van der Waals surface area contributed by atoms with Crippen molar-refractivity contribution in [3.8, 4) is 5.75 Å². The highest BCUT2D eigenvalue weighted by atomic mass is 79.9. The van der Waals surface area contributed by atoms with Crippen molar-refractivity contribution in [1.29, 1.82) is 0 Å². The lowest BCUT2D eigenvalue weighted by atomic mass is 10.1. The summed E-state index contributed by atoms with van der Waals surface area (Å²) >= 11 is 3.36. The van der Waals surface area contributed by atoms with Crippen LogP contribution in [0, 0.1) is 0 Å². The number of furan rings is 1. The number of amides is 3. The summed E-state index contributed by atoms with van der Waals surface area (Å²) in [6.45, 7) is -0.116. The molecule has 0 spiro atoms. The first-order chi connectivity index (χ1) is 12.9. The molecule has 0 atom stereocenters. The van der Waals surface area contributed by atoms with Gasteiger partial charge in [0.25, 0.3) is 5.91 Å². The van der Waals surface area contributed by atoms with Crippen molar-refractivity contribution in [3.05, 3.63) is 57.6 Å². The minimum Gasteiger partial charge on any atom is -0.496 e. The highest BCUT2D eigenvalue weighted by molar-refractivity contribution is 9.10. The molecule has 8 nitrogen and oxygen atoms in total. The third kappa shape index (κ3) is 3.87. The Morgan fingerprint density at radius 1 is 1.26 bits per heavy atom. The third-order valence-electron chi connectivity index (χ3n) is 3.82. The van der Waals surface area contributed by atoms with Crippen molar-refractivity contribution in [2.75, 3.05) is 14.2 Å². The number of nitrogens with zero attached hydrogens (tertiary/aromatic N) is 1. The molecule has 0 radical (unpaired) electrons. The van der Waals surface area contributed by atoms with E-state index in [1.54, 1.807) is 18.2 Å². The van der Waals surface area contributed by atoms with Gasteiger partial charge in [-0.1, -0.05) is 15.9 Å². The number of carbonyl (C=O) groups is 3. The summed E-state index contributed by atoms with van der Waals surface area (Å²) in [6.07, 6.45) is 1.53. The first-order valence-electron chi connectivity index (χ1n) is 7.78. The van der Waals surface area contributed by atoms with Crippen LogP contribution in [-0.4, -0.2) is 37.0 Å². The number of urea groups is 1. The van der Waals surface area contributed by atoms with E-state index in [-0.39, 0.29) is 23.8 Å². The molecule has 1 aromatic heterocycles. The smallest absolute Gasteiger partial charge is 0.373 e. The number of rotatable bonds is 5. The van der Waals surface area contributed by atoms with Crippen molar-refractivity contribution in [2.24, 2.45) is 0 Å². The second kappa shape index (κ2) is 7.67. The Labute approximate surface area is 162 Å². The van der Waals surface area contributed by atoms with Crippen molar-refractivity contribution in [3.63, 3.8) is 0 Å². The van der Waals surface area contributed by atoms with Crippen molar-refractivity contribution in [2.45, 2.75) is 6.54 Å². The molecule has 3 amide bonds. The van der Waals surface area contributed by atoms with E-state index in [1.165, 1.54) is 32.4 Å². The van der Waals surface area contributed by atoms with Gasteiger partial charge in [0, 0.05) is 10.0 Å². The lowest BCUT2D eigenvalue weighted by Gasteiger charge is -2.09. The first kappa shape index (κ1) is 18.7. The molecule has 3 rings (SSSR count). The van der Waals surface area contributed by atoms with E-state index in [1.807, 2.05) is 0 Å². The topological polar surface area (TPSA) is 98.1 Å². The molecule has 2 heterocycles. The lowest BCUT2D eigenvalue weighted by Crippen LogP contribution is -2.30.